The molecule has 1 fully saturated rings. The van der Waals surface area contributed by atoms with Gasteiger partial charge in [-0.25, -0.2) is 0 Å². The van der Waals surface area contributed by atoms with Crippen molar-refractivity contribution in [1.29, 1.82) is 0 Å². The van der Waals surface area contributed by atoms with Gasteiger partial charge >= 0.3 is 0 Å². The zero-order valence-electron chi connectivity index (χ0n) is 15.8. The van der Waals surface area contributed by atoms with Gasteiger partial charge in [-0.05, 0) is 57.4 Å². The van der Waals surface area contributed by atoms with E-state index in [1.54, 1.807) is 6.07 Å². The molecule has 0 bridgehead atoms. The molecule has 1 aromatic carbocycles. The van der Waals surface area contributed by atoms with Crippen molar-refractivity contribution in [3.8, 4) is 5.75 Å². The van der Waals surface area contributed by atoms with Crippen LogP contribution < -0.4 is 15.4 Å². The number of nitrogens with one attached hydrogen (secondary N) is 2. The van der Waals surface area contributed by atoms with Gasteiger partial charge in [0.15, 0.2) is 0 Å². The van der Waals surface area contributed by atoms with E-state index in [4.69, 9.17) is 4.74 Å². The second kappa shape index (κ2) is 10.9. The zero-order chi connectivity index (χ0) is 18.2. The molecule has 1 aromatic heterocycles. The summed E-state index contributed by atoms with van der Waals surface area (Å²) < 4.78 is 7.60. The van der Waals surface area contributed by atoms with Gasteiger partial charge < -0.3 is 15.4 Å². The van der Waals surface area contributed by atoms with Crippen LogP contribution in [0.25, 0.3) is 0 Å². The Morgan fingerprint density at radius 3 is 2.85 bits per heavy atom. The minimum absolute atomic E-state index is 0. The van der Waals surface area contributed by atoms with Crippen molar-refractivity contribution in [2.45, 2.75) is 38.6 Å². The molecule has 0 radical (unpaired) electrons. The molecule has 0 aliphatic carbocycles. The number of unbranched alkanes of at least 4 members (excludes halogenated alkanes) is 1. The summed E-state index contributed by atoms with van der Waals surface area (Å²) >= 11 is 0. The standard InChI is InChI=1S/C20H28N4O2.ClH/c1-16-6-8-18(9-7-16)26-14-3-2-12-22-20(25)19-10-13-24(23-19)17-5-4-11-21-15-17;/h6-10,13,17,21H,2-5,11-12,14-15H2,1H3,(H,22,25);1H. The van der Waals surface area contributed by atoms with Gasteiger partial charge in [0.1, 0.15) is 11.4 Å². The highest BCUT2D eigenvalue weighted by Gasteiger charge is 2.17. The SMILES string of the molecule is Cc1ccc(OCCCCNC(=O)c2ccn(C3CCCNC3)n2)cc1.Cl. The van der Waals surface area contributed by atoms with E-state index in [9.17, 15) is 4.79 Å². The third-order valence-corrected chi connectivity index (χ3v) is 4.63. The fourth-order valence-corrected chi connectivity index (χ4v) is 3.07. The Morgan fingerprint density at radius 2 is 2.11 bits per heavy atom. The average molecular weight is 393 g/mol. The third kappa shape index (κ3) is 6.56. The third-order valence-electron chi connectivity index (χ3n) is 4.63. The first-order chi connectivity index (χ1) is 12.7. The molecule has 1 atom stereocenters. The minimum Gasteiger partial charge on any atom is -0.494 e. The largest absolute Gasteiger partial charge is 0.494 e. The summed E-state index contributed by atoms with van der Waals surface area (Å²) in [5, 5.41) is 10.7. The van der Waals surface area contributed by atoms with Crippen molar-refractivity contribution in [2.24, 2.45) is 0 Å². The molecule has 2 N–H and O–H groups in total. The Bertz CT molecular complexity index is 696. The Balaban J connectivity index is 0.00000261. The lowest BCUT2D eigenvalue weighted by molar-refractivity contribution is 0.0946. The van der Waals surface area contributed by atoms with Crippen molar-refractivity contribution < 1.29 is 9.53 Å². The Morgan fingerprint density at radius 1 is 1.30 bits per heavy atom. The first-order valence-electron chi connectivity index (χ1n) is 9.46. The molecular weight excluding hydrogens is 364 g/mol. The van der Waals surface area contributed by atoms with Crippen molar-refractivity contribution in [3.63, 3.8) is 0 Å². The maximum atomic E-state index is 12.2. The van der Waals surface area contributed by atoms with Crippen LogP contribution in [0.5, 0.6) is 5.75 Å². The van der Waals surface area contributed by atoms with Gasteiger partial charge in [0.05, 0.1) is 12.6 Å². The Hall–Kier alpha value is -2.05. The number of aryl methyl sites for hydroxylation is 1. The molecule has 3 rings (SSSR count). The van der Waals surface area contributed by atoms with Crippen LogP contribution in [0.1, 0.15) is 47.8 Å². The lowest BCUT2D eigenvalue weighted by atomic mass is 10.1. The van der Waals surface area contributed by atoms with Crippen molar-refractivity contribution >= 4 is 18.3 Å². The van der Waals surface area contributed by atoms with Crippen LogP contribution >= 0.6 is 12.4 Å². The number of rotatable bonds is 8. The number of piperidine rings is 1. The summed E-state index contributed by atoms with van der Waals surface area (Å²) in [6.45, 7) is 5.33. The zero-order valence-corrected chi connectivity index (χ0v) is 16.6. The van der Waals surface area contributed by atoms with E-state index < -0.39 is 0 Å². The number of carbonyl (C=O) groups excluding carboxylic acids is 1. The summed E-state index contributed by atoms with van der Waals surface area (Å²) in [5.74, 6) is 0.786. The molecule has 1 saturated heterocycles. The van der Waals surface area contributed by atoms with Gasteiger partial charge in [-0.3, -0.25) is 9.48 Å². The lowest BCUT2D eigenvalue weighted by Gasteiger charge is -2.22. The summed E-state index contributed by atoms with van der Waals surface area (Å²) in [5.41, 5.74) is 1.72. The van der Waals surface area contributed by atoms with E-state index in [2.05, 4.69) is 22.7 Å². The molecule has 1 amide bonds. The fourth-order valence-electron chi connectivity index (χ4n) is 3.07. The molecule has 148 valence electrons. The number of nitrogens with zero attached hydrogens (tertiary/aromatic N) is 2. The molecule has 1 aliphatic heterocycles. The van der Waals surface area contributed by atoms with Gasteiger partial charge in [0.25, 0.3) is 5.91 Å². The molecule has 2 heterocycles. The molecule has 7 heteroatoms. The molecular formula is C20H29ClN4O2. The van der Waals surface area contributed by atoms with Crippen molar-refractivity contribution in [1.82, 2.24) is 20.4 Å². The number of ether oxygens (including phenoxy) is 1. The minimum atomic E-state index is -0.105. The molecule has 1 unspecified atom stereocenters. The van der Waals surface area contributed by atoms with E-state index in [0.29, 0.717) is 24.9 Å². The van der Waals surface area contributed by atoms with Crippen LogP contribution in [0.3, 0.4) is 0 Å². The van der Waals surface area contributed by atoms with E-state index in [1.807, 2.05) is 35.1 Å². The van der Waals surface area contributed by atoms with Gasteiger partial charge in [0.2, 0.25) is 0 Å². The molecule has 1 aliphatic rings. The molecule has 0 saturated carbocycles. The van der Waals surface area contributed by atoms with Crippen LogP contribution in [-0.2, 0) is 0 Å². The summed E-state index contributed by atoms with van der Waals surface area (Å²) in [6.07, 6.45) is 5.94. The Labute approximate surface area is 167 Å². The van der Waals surface area contributed by atoms with Crippen LogP contribution in [0, 0.1) is 6.92 Å². The maximum absolute atomic E-state index is 12.2. The van der Waals surface area contributed by atoms with Gasteiger partial charge in [-0.15, -0.1) is 12.4 Å². The molecule has 0 spiro atoms. The maximum Gasteiger partial charge on any atom is 0.271 e. The number of hydrogen-bond acceptors (Lipinski definition) is 4. The highest BCUT2D eigenvalue weighted by Crippen LogP contribution is 2.15. The van der Waals surface area contributed by atoms with Crippen LogP contribution in [0.2, 0.25) is 0 Å². The van der Waals surface area contributed by atoms with Crippen molar-refractivity contribution in [3.05, 3.63) is 47.8 Å². The first kappa shape index (κ1) is 21.3. The highest BCUT2D eigenvalue weighted by molar-refractivity contribution is 5.92. The lowest BCUT2D eigenvalue weighted by Crippen LogP contribution is -2.32. The fraction of sp³-hybridized carbons (Fsp3) is 0.500. The molecule has 2 aromatic rings. The van der Waals surface area contributed by atoms with E-state index >= 15 is 0 Å². The monoisotopic (exact) mass is 392 g/mol. The van der Waals surface area contributed by atoms with Crippen molar-refractivity contribution in [2.75, 3.05) is 26.2 Å². The first-order valence-corrected chi connectivity index (χ1v) is 9.46. The van der Waals surface area contributed by atoms with E-state index in [-0.39, 0.29) is 18.3 Å². The van der Waals surface area contributed by atoms with Crippen LogP contribution in [0.15, 0.2) is 36.5 Å². The molecule has 6 nitrogen and oxygen atoms in total. The summed E-state index contributed by atoms with van der Waals surface area (Å²) in [4.78, 5) is 12.2. The number of hydrogen-bond donors (Lipinski definition) is 2. The normalized spacial score (nSPS) is 16.4. The predicted octanol–water partition coefficient (Wildman–Crippen LogP) is 3.13. The van der Waals surface area contributed by atoms with Gasteiger partial charge in [-0.1, -0.05) is 17.7 Å². The number of benzene rings is 1. The average Bonchev–Trinajstić information content (AvgIpc) is 3.17. The van der Waals surface area contributed by atoms with Gasteiger partial charge in [-0.2, -0.15) is 5.10 Å². The summed E-state index contributed by atoms with van der Waals surface area (Å²) in [7, 11) is 0. The number of halogens is 1. The second-order valence-corrected chi connectivity index (χ2v) is 6.81. The molecule has 27 heavy (non-hydrogen) atoms. The number of aromatic nitrogens is 2. The quantitative estimate of drug-likeness (QED) is 0.677. The van der Waals surface area contributed by atoms with E-state index in [0.717, 1.165) is 44.5 Å². The van der Waals surface area contributed by atoms with Gasteiger partial charge in [0, 0.05) is 19.3 Å². The van der Waals surface area contributed by atoms with Crippen LogP contribution in [-0.4, -0.2) is 41.9 Å². The Kier molecular flexibility index (Phi) is 8.61. The van der Waals surface area contributed by atoms with E-state index in [1.165, 1.54) is 5.56 Å². The van der Waals surface area contributed by atoms with Crippen LogP contribution in [0.4, 0.5) is 0 Å². The second-order valence-electron chi connectivity index (χ2n) is 6.81. The predicted molar refractivity (Wildman–Crippen MR) is 109 cm³/mol. The highest BCUT2D eigenvalue weighted by atomic mass is 35.5. The summed E-state index contributed by atoms with van der Waals surface area (Å²) in [6, 6.07) is 10.2. The number of amides is 1. The number of carbonyl (C=O) groups is 1. The topological polar surface area (TPSA) is 68.2 Å². The smallest absolute Gasteiger partial charge is 0.271 e.